The van der Waals surface area contributed by atoms with Crippen molar-refractivity contribution in [2.45, 2.75) is 37.8 Å². The molecule has 0 unspecified atom stereocenters. The molecule has 3 amide bonds. The van der Waals surface area contributed by atoms with Gasteiger partial charge in [-0.05, 0) is 23.1 Å². The summed E-state index contributed by atoms with van der Waals surface area (Å²) in [4.78, 5) is 61.8. The number of carbonyl (C=O) groups is 5. The standard InChI is InChI=1S/C26H31N5O7/c1-31(23(33)12-11-17-7-9-19(10-8-17)15-28-27)16-22(32)29-20(14-24(34)35)25(36)30-21(26(37)38)13-18-5-3-2-4-6-18/h2-10,15,20-21H,11-14,16,27H2,1H3,(H,29,32)(H,30,36)(H,34,35)(H,37,38)/t20-,21-/m0/s1. The highest BCUT2D eigenvalue weighted by Crippen LogP contribution is 2.08. The molecule has 38 heavy (non-hydrogen) atoms. The number of benzene rings is 2. The topological polar surface area (TPSA) is 191 Å². The summed E-state index contributed by atoms with van der Waals surface area (Å²) in [6, 6.07) is 13.0. The van der Waals surface area contributed by atoms with Crippen LogP contribution in [0.5, 0.6) is 0 Å². The molecule has 0 aliphatic heterocycles. The third-order valence-corrected chi connectivity index (χ3v) is 5.57. The fraction of sp³-hybridized carbons (Fsp3) is 0.308. The Bertz CT molecular complexity index is 1150. The first-order valence-electron chi connectivity index (χ1n) is 11.7. The van der Waals surface area contributed by atoms with E-state index >= 15 is 0 Å². The summed E-state index contributed by atoms with van der Waals surface area (Å²) in [6.45, 7) is -0.416. The van der Waals surface area contributed by atoms with Gasteiger partial charge in [0.15, 0.2) is 0 Å². The fourth-order valence-electron chi connectivity index (χ4n) is 3.55. The maximum Gasteiger partial charge on any atom is 0.326 e. The molecule has 0 spiro atoms. The monoisotopic (exact) mass is 525 g/mol. The van der Waals surface area contributed by atoms with Crippen molar-refractivity contribution in [1.29, 1.82) is 0 Å². The van der Waals surface area contributed by atoms with E-state index in [0.29, 0.717) is 12.0 Å². The Morgan fingerprint density at radius 1 is 0.947 bits per heavy atom. The summed E-state index contributed by atoms with van der Waals surface area (Å²) in [5.74, 6) is 0.385. The van der Waals surface area contributed by atoms with Crippen molar-refractivity contribution < 1.29 is 34.2 Å². The normalized spacial score (nSPS) is 12.3. The molecule has 0 saturated heterocycles. The number of likely N-dealkylation sites (N-methyl/N-ethyl adjacent to an activating group) is 1. The highest BCUT2D eigenvalue weighted by Gasteiger charge is 2.29. The predicted molar refractivity (Wildman–Crippen MR) is 138 cm³/mol. The Hall–Kier alpha value is -4.74. The number of carboxylic acid groups (broad SMARTS) is 2. The first kappa shape index (κ1) is 29.5. The van der Waals surface area contributed by atoms with E-state index in [0.717, 1.165) is 16.0 Å². The Balaban J connectivity index is 1.93. The minimum atomic E-state index is -1.53. The number of carboxylic acids is 2. The molecule has 0 saturated carbocycles. The lowest BCUT2D eigenvalue weighted by atomic mass is 10.1. The molecule has 12 heteroatoms. The zero-order chi connectivity index (χ0) is 28.1. The van der Waals surface area contributed by atoms with Gasteiger partial charge in [0.2, 0.25) is 17.7 Å². The lowest BCUT2D eigenvalue weighted by Crippen LogP contribution is -2.54. The van der Waals surface area contributed by atoms with Crippen LogP contribution in [0.15, 0.2) is 59.7 Å². The Labute approximate surface area is 219 Å². The summed E-state index contributed by atoms with van der Waals surface area (Å²) < 4.78 is 0. The summed E-state index contributed by atoms with van der Waals surface area (Å²) in [6.07, 6.45) is 1.23. The molecule has 2 aromatic carbocycles. The van der Waals surface area contributed by atoms with E-state index in [1.165, 1.54) is 13.3 Å². The van der Waals surface area contributed by atoms with Gasteiger partial charge in [-0.1, -0.05) is 54.6 Å². The zero-order valence-corrected chi connectivity index (χ0v) is 20.9. The molecule has 202 valence electrons. The van der Waals surface area contributed by atoms with E-state index in [4.69, 9.17) is 5.84 Å². The van der Waals surface area contributed by atoms with Crippen LogP contribution in [0.4, 0.5) is 0 Å². The van der Waals surface area contributed by atoms with E-state index in [-0.39, 0.29) is 18.7 Å². The molecular formula is C26H31N5O7. The quantitative estimate of drug-likeness (QED) is 0.131. The van der Waals surface area contributed by atoms with Gasteiger partial charge in [0.05, 0.1) is 19.2 Å². The van der Waals surface area contributed by atoms with Crippen LogP contribution in [0.3, 0.4) is 0 Å². The number of nitrogens with zero attached hydrogens (tertiary/aromatic N) is 2. The summed E-state index contributed by atoms with van der Waals surface area (Å²) in [5, 5.41) is 26.7. The minimum absolute atomic E-state index is 0.0315. The van der Waals surface area contributed by atoms with Crippen LogP contribution in [0.1, 0.15) is 29.5 Å². The van der Waals surface area contributed by atoms with Crippen LogP contribution in [-0.4, -0.2) is 76.7 Å². The number of hydrazone groups is 1. The molecule has 0 aromatic heterocycles. The van der Waals surface area contributed by atoms with Gasteiger partial charge in [-0.25, -0.2) is 4.79 Å². The highest BCUT2D eigenvalue weighted by atomic mass is 16.4. The average Bonchev–Trinajstić information content (AvgIpc) is 2.87. The molecule has 2 atom stereocenters. The molecule has 0 heterocycles. The number of hydrogen-bond donors (Lipinski definition) is 5. The fourth-order valence-corrected chi connectivity index (χ4v) is 3.55. The van der Waals surface area contributed by atoms with Gasteiger partial charge in [-0.2, -0.15) is 5.10 Å². The van der Waals surface area contributed by atoms with E-state index < -0.39 is 48.8 Å². The number of nitrogens with one attached hydrogen (secondary N) is 2. The second-order valence-corrected chi connectivity index (χ2v) is 8.58. The third-order valence-electron chi connectivity index (χ3n) is 5.57. The number of rotatable bonds is 14. The van der Waals surface area contributed by atoms with Gasteiger partial charge in [-0.3, -0.25) is 19.2 Å². The van der Waals surface area contributed by atoms with Crippen molar-refractivity contribution in [2.75, 3.05) is 13.6 Å². The number of aryl methyl sites for hydroxylation is 1. The maximum atomic E-state index is 12.7. The SMILES string of the molecule is CN(CC(=O)N[C@@H](CC(=O)O)C(=O)N[C@@H](Cc1ccccc1)C(=O)O)C(=O)CCc1ccc(C=NN)cc1. The maximum absolute atomic E-state index is 12.7. The van der Waals surface area contributed by atoms with Crippen molar-refractivity contribution in [1.82, 2.24) is 15.5 Å². The van der Waals surface area contributed by atoms with Gasteiger partial charge in [0, 0.05) is 19.9 Å². The molecule has 0 bridgehead atoms. The van der Waals surface area contributed by atoms with Crippen LogP contribution in [0.25, 0.3) is 0 Å². The predicted octanol–water partition coefficient (Wildman–Crippen LogP) is 0.142. The van der Waals surface area contributed by atoms with Crippen LogP contribution < -0.4 is 16.5 Å². The van der Waals surface area contributed by atoms with Gasteiger partial charge >= 0.3 is 11.9 Å². The molecule has 2 rings (SSSR count). The summed E-state index contributed by atoms with van der Waals surface area (Å²) in [5.41, 5.74) is 2.36. The first-order valence-corrected chi connectivity index (χ1v) is 11.7. The Kier molecular flexibility index (Phi) is 11.4. The number of amides is 3. The van der Waals surface area contributed by atoms with Crippen LogP contribution >= 0.6 is 0 Å². The smallest absolute Gasteiger partial charge is 0.326 e. The van der Waals surface area contributed by atoms with Crippen molar-refractivity contribution in [3.63, 3.8) is 0 Å². The Morgan fingerprint density at radius 3 is 2.18 bits per heavy atom. The lowest BCUT2D eigenvalue weighted by molar-refractivity contribution is -0.143. The molecule has 6 N–H and O–H groups in total. The van der Waals surface area contributed by atoms with Crippen molar-refractivity contribution in [3.05, 3.63) is 71.3 Å². The van der Waals surface area contributed by atoms with Crippen LogP contribution in [0, 0.1) is 0 Å². The van der Waals surface area contributed by atoms with Gasteiger partial charge in [0.1, 0.15) is 12.1 Å². The molecule has 12 nitrogen and oxygen atoms in total. The number of hydrogen-bond acceptors (Lipinski definition) is 7. The summed E-state index contributed by atoms with van der Waals surface area (Å²) >= 11 is 0. The molecule has 0 aliphatic rings. The second kappa shape index (κ2) is 14.7. The van der Waals surface area contributed by atoms with Crippen LogP contribution in [-0.2, 0) is 36.8 Å². The second-order valence-electron chi connectivity index (χ2n) is 8.58. The molecule has 2 aromatic rings. The van der Waals surface area contributed by atoms with E-state index in [1.807, 2.05) is 12.1 Å². The minimum Gasteiger partial charge on any atom is -0.481 e. The lowest BCUT2D eigenvalue weighted by Gasteiger charge is -2.22. The molecule has 0 radical (unpaired) electrons. The van der Waals surface area contributed by atoms with E-state index in [9.17, 15) is 34.2 Å². The number of carbonyl (C=O) groups excluding carboxylic acids is 3. The van der Waals surface area contributed by atoms with Gasteiger partial charge < -0.3 is 31.6 Å². The Morgan fingerprint density at radius 2 is 1.61 bits per heavy atom. The van der Waals surface area contributed by atoms with Crippen molar-refractivity contribution >= 4 is 35.9 Å². The summed E-state index contributed by atoms with van der Waals surface area (Å²) in [7, 11) is 1.41. The zero-order valence-electron chi connectivity index (χ0n) is 20.9. The first-order chi connectivity index (χ1) is 18.1. The third kappa shape index (κ3) is 10.1. The van der Waals surface area contributed by atoms with Crippen molar-refractivity contribution in [3.8, 4) is 0 Å². The molecular weight excluding hydrogens is 494 g/mol. The van der Waals surface area contributed by atoms with E-state index in [2.05, 4.69) is 15.7 Å². The largest absolute Gasteiger partial charge is 0.481 e. The van der Waals surface area contributed by atoms with Gasteiger partial charge in [0.25, 0.3) is 0 Å². The number of aliphatic carboxylic acids is 2. The average molecular weight is 526 g/mol. The van der Waals surface area contributed by atoms with E-state index in [1.54, 1.807) is 42.5 Å². The molecule has 0 aliphatic carbocycles. The van der Waals surface area contributed by atoms with Gasteiger partial charge in [-0.15, -0.1) is 0 Å². The highest BCUT2D eigenvalue weighted by molar-refractivity contribution is 5.94. The van der Waals surface area contributed by atoms with Crippen molar-refractivity contribution in [2.24, 2.45) is 10.9 Å². The number of nitrogens with two attached hydrogens (primary N) is 1. The van der Waals surface area contributed by atoms with Crippen LogP contribution in [0.2, 0.25) is 0 Å². The molecule has 0 fully saturated rings.